The summed E-state index contributed by atoms with van der Waals surface area (Å²) in [5, 5.41) is 0. The topological polar surface area (TPSA) is 161 Å². The Morgan fingerprint density at radius 1 is 0.667 bits per heavy atom. The predicted molar refractivity (Wildman–Crippen MR) is 26.7 cm³/mol. The fraction of sp³-hybridized carbons (Fsp3) is 0. The van der Waals surface area contributed by atoms with E-state index >= 15 is 0 Å². The van der Waals surface area contributed by atoms with Crippen molar-refractivity contribution in [2.45, 2.75) is 0 Å². The Balaban J connectivity index is -0.0000000457. The molecule has 0 aromatic rings. The molecule has 0 saturated heterocycles. The third-order valence-electron chi connectivity index (χ3n) is 0. The zero-order valence-corrected chi connectivity index (χ0v) is 10.2. The van der Waals surface area contributed by atoms with Crippen LogP contribution in [-0.4, -0.2) is 72.8 Å². The van der Waals surface area contributed by atoms with E-state index in [1.807, 2.05) is 0 Å². The van der Waals surface area contributed by atoms with E-state index in [1.54, 1.807) is 0 Å². The summed E-state index contributed by atoms with van der Waals surface area (Å²) in [4.78, 5) is 0. The molecule has 0 unspecified atom stereocenters. The van der Waals surface area contributed by atoms with Gasteiger partial charge in [0.25, 0.3) is 0 Å². The first kappa shape index (κ1) is 23.4. The average molecular weight is 287 g/mol. The van der Waals surface area contributed by atoms with Crippen LogP contribution in [0.15, 0.2) is 0 Å². The summed E-state index contributed by atoms with van der Waals surface area (Å²) in [6.07, 6.45) is 0. The molecule has 0 rings (SSSR count). The van der Waals surface area contributed by atoms with E-state index in [0.717, 1.165) is 0 Å². The number of hydrogen-bond donors (Lipinski definition) is 0. The molecule has 0 bridgehead atoms. The molecule has 0 spiro atoms. The second-order valence-electron chi connectivity index (χ2n) is 0.816. The first-order chi connectivity index (χ1) is 4.00. The van der Waals surface area contributed by atoms with Gasteiger partial charge in [-0.05, 0) is 0 Å². The van der Waals surface area contributed by atoms with Gasteiger partial charge in [-0.2, -0.15) is 0 Å². The molecule has 0 N–H and O–H groups in total. The predicted octanol–water partition coefficient (Wildman–Crippen LogP) is -3.06. The monoisotopic (exact) mass is 287 g/mol. The molecule has 0 heterocycles. The maximum Gasteiger partial charge on any atom is 2.00 e. The minimum absolute atomic E-state index is 0. The Bertz CT molecular complexity index is 213. The van der Waals surface area contributed by atoms with Crippen molar-refractivity contribution in [1.82, 2.24) is 0 Å². The number of rotatable bonds is 0. The molecular formula is CaMnO8S2. The summed E-state index contributed by atoms with van der Waals surface area (Å²) >= 11 is 0. The van der Waals surface area contributed by atoms with Crippen molar-refractivity contribution >= 4 is 58.5 Å². The molecule has 0 atom stereocenters. The second kappa shape index (κ2) is 9.09. The van der Waals surface area contributed by atoms with E-state index in [0.29, 0.717) is 0 Å². The molecule has 0 aromatic carbocycles. The van der Waals surface area contributed by atoms with Crippen LogP contribution >= 0.6 is 0 Å². The van der Waals surface area contributed by atoms with Crippen LogP contribution in [0.3, 0.4) is 0 Å². The number of hydrogen-bond acceptors (Lipinski definition) is 8. The van der Waals surface area contributed by atoms with Gasteiger partial charge in [-0.1, -0.05) is 0 Å². The molecule has 0 aromatic heterocycles. The Labute approximate surface area is 109 Å². The van der Waals surface area contributed by atoms with Crippen LogP contribution in [0.5, 0.6) is 0 Å². The Kier molecular flexibility index (Phi) is 17.7. The SMILES string of the molecule is O=S(=O)([O-])[O-].O=S(=O)([O-])[O-].[Ca+2].[Mn+2]. The van der Waals surface area contributed by atoms with Gasteiger partial charge in [0.1, 0.15) is 0 Å². The van der Waals surface area contributed by atoms with Gasteiger partial charge in [-0.15, -0.1) is 0 Å². The van der Waals surface area contributed by atoms with Crippen LogP contribution in [0, 0.1) is 0 Å². The summed E-state index contributed by atoms with van der Waals surface area (Å²) in [6.45, 7) is 0. The van der Waals surface area contributed by atoms with E-state index in [-0.39, 0.29) is 54.8 Å². The smallest absolute Gasteiger partial charge is 0.759 e. The molecule has 69 valence electrons. The summed E-state index contributed by atoms with van der Waals surface area (Å²) < 4.78 is 68.2. The quantitative estimate of drug-likeness (QED) is 0.257. The molecule has 12 heteroatoms. The largest absolute Gasteiger partial charge is 2.00 e. The zero-order valence-electron chi connectivity index (χ0n) is 5.17. The van der Waals surface area contributed by atoms with Crippen molar-refractivity contribution in [1.29, 1.82) is 0 Å². The van der Waals surface area contributed by atoms with Gasteiger partial charge >= 0.3 is 54.8 Å². The summed E-state index contributed by atoms with van der Waals surface area (Å²) in [5.41, 5.74) is 0. The molecule has 12 heavy (non-hydrogen) atoms. The molecule has 0 aliphatic heterocycles. The van der Waals surface area contributed by atoms with E-state index in [9.17, 15) is 0 Å². The van der Waals surface area contributed by atoms with Crippen molar-refractivity contribution in [3.63, 3.8) is 0 Å². The van der Waals surface area contributed by atoms with Crippen LogP contribution in [0.25, 0.3) is 0 Å². The second-order valence-corrected chi connectivity index (χ2v) is 2.45. The summed E-state index contributed by atoms with van der Waals surface area (Å²) in [6, 6.07) is 0. The Hall–Kier alpha value is 1.52. The van der Waals surface area contributed by atoms with Gasteiger partial charge in [0.2, 0.25) is 0 Å². The third kappa shape index (κ3) is 552. The molecule has 0 aliphatic carbocycles. The Morgan fingerprint density at radius 2 is 0.667 bits per heavy atom. The van der Waals surface area contributed by atoms with Crippen LogP contribution < -0.4 is 0 Å². The third-order valence-corrected chi connectivity index (χ3v) is 0. The van der Waals surface area contributed by atoms with Gasteiger partial charge in [0, 0.05) is 20.8 Å². The molecule has 0 aliphatic rings. The minimum atomic E-state index is -5.17. The maximum absolute atomic E-state index is 8.52. The molecule has 0 saturated carbocycles. The maximum atomic E-state index is 8.52. The van der Waals surface area contributed by atoms with Crippen LogP contribution in [-0.2, 0) is 37.9 Å². The van der Waals surface area contributed by atoms with Crippen molar-refractivity contribution in [3.8, 4) is 0 Å². The van der Waals surface area contributed by atoms with Crippen molar-refractivity contribution in [2.24, 2.45) is 0 Å². The standard InChI is InChI=1S/Ca.Mn.2H2O4S/c;;2*1-5(2,3)4/h;;2*(H2,1,2,3,4)/q2*+2;;/p-4. The van der Waals surface area contributed by atoms with Crippen LogP contribution in [0.1, 0.15) is 0 Å². The van der Waals surface area contributed by atoms with E-state index in [4.69, 9.17) is 35.0 Å². The summed E-state index contributed by atoms with van der Waals surface area (Å²) in [7, 11) is -10.3. The van der Waals surface area contributed by atoms with Crippen LogP contribution in [0.4, 0.5) is 0 Å². The first-order valence-corrected chi connectivity index (χ1v) is 4.00. The Morgan fingerprint density at radius 3 is 0.667 bits per heavy atom. The normalized spacial score (nSPS) is 9.67. The fourth-order valence-corrected chi connectivity index (χ4v) is 0. The fourth-order valence-electron chi connectivity index (χ4n) is 0. The zero-order chi connectivity index (χ0) is 9.00. The summed E-state index contributed by atoms with van der Waals surface area (Å²) in [5.74, 6) is 0. The molecule has 1 radical (unpaired) electrons. The van der Waals surface area contributed by atoms with E-state index < -0.39 is 20.8 Å². The molecule has 0 fully saturated rings. The van der Waals surface area contributed by atoms with Gasteiger partial charge in [0.05, 0.1) is 0 Å². The van der Waals surface area contributed by atoms with Crippen molar-refractivity contribution in [2.75, 3.05) is 0 Å². The van der Waals surface area contributed by atoms with Gasteiger partial charge < -0.3 is 18.2 Å². The van der Waals surface area contributed by atoms with E-state index in [1.165, 1.54) is 0 Å². The molecule has 8 nitrogen and oxygen atoms in total. The van der Waals surface area contributed by atoms with Crippen molar-refractivity contribution in [3.05, 3.63) is 0 Å². The minimum Gasteiger partial charge on any atom is -0.759 e. The average Bonchev–Trinajstić information content (AvgIpc) is 1.12. The van der Waals surface area contributed by atoms with Gasteiger partial charge in [-0.25, -0.2) is 0 Å². The molecule has 0 amide bonds. The van der Waals surface area contributed by atoms with E-state index in [2.05, 4.69) is 0 Å². The van der Waals surface area contributed by atoms with Crippen LogP contribution in [0.2, 0.25) is 0 Å². The molecular weight excluding hydrogens is 287 g/mol. The van der Waals surface area contributed by atoms with Gasteiger partial charge in [0.15, 0.2) is 0 Å². The van der Waals surface area contributed by atoms with Crippen molar-refractivity contribution < 1.29 is 52.1 Å². The van der Waals surface area contributed by atoms with Gasteiger partial charge in [-0.3, -0.25) is 16.8 Å². The first-order valence-electron chi connectivity index (χ1n) is 1.33.